The topological polar surface area (TPSA) is 19.4 Å². The van der Waals surface area contributed by atoms with Gasteiger partial charge in [-0.2, -0.15) is 0 Å². The zero-order chi connectivity index (χ0) is 103. The summed E-state index contributed by atoms with van der Waals surface area (Å²) in [4.78, 5) is 0. The maximum Gasteiger partial charge on any atom is 0.220 e. The zero-order valence-corrected chi connectivity index (χ0v) is 75.7. The Bertz CT molecular complexity index is 6940. The average molecular weight is 1590 g/mol. The lowest BCUT2D eigenvalue weighted by Gasteiger charge is -2.15. The molecule has 1 unspecified atom stereocenters. The predicted octanol–water partition coefficient (Wildman–Crippen LogP) is 27.7. The number of fused-ring (bicyclic) bond motifs is 5. The normalized spacial score (nSPS) is 14.7. The molecule has 0 fully saturated rings. The summed E-state index contributed by atoms with van der Waals surface area (Å²) >= 11 is 0. The Morgan fingerprint density at radius 1 is 0.263 bits per heavy atom. The van der Waals surface area contributed by atoms with E-state index < -0.39 is 42.1 Å². The molecule has 0 saturated heterocycles. The fourth-order valence-corrected chi connectivity index (χ4v) is 16.5. The lowest BCUT2D eigenvalue weighted by Crippen LogP contribution is -2.31. The Hall–Kier alpha value is -10.8. The monoisotopic (exact) mass is 1590 g/mol. The molecule has 0 aliphatic rings. The molecule has 0 aliphatic carbocycles. The molecule has 15 rings (SSSR count). The number of pyridine rings is 5. The number of hydrogen-bond donors (Lipinski definition) is 0. The summed E-state index contributed by atoms with van der Waals surface area (Å²) in [5.74, 6) is -5.82. The summed E-state index contributed by atoms with van der Waals surface area (Å²) in [6.45, 7) is 48.1. The van der Waals surface area contributed by atoms with Gasteiger partial charge in [0, 0.05) is 41.2 Å². The van der Waals surface area contributed by atoms with Gasteiger partial charge in [0.25, 0.3) is 0 Å². The van der Waals surface area contributed by atoms with Crippen molar-refractivity contribution in [2.24, 2.45) is 35.2 Å². The third-order valence-electron chi connectivity index (χ3n) is 23.6. The van der Waals surface area contributed by atoms with Gasteiger partial charge in [-0.3, -0.25) is 0 Å². The summed E-state index contributed by atoms with van der Waals surface area (Å²) in [7, 11) is 9.05. The minimum Gasteiger partial charge on any atom is -0.207 e. The SMILES string of the molecule is [2H]c1c([2H])[n+](C)c(-c2cc(C)cc(C)c2C)c2cc(C)c(C([2H])(C)C)cc12.[2H]c1c([2H])[n+](C)c(-c2cc(C)cc(C)c2C)c2cc(F)c(C([2H])(C)C)cc12.[2H]c1c([2H])[n+](C)c(-c2cc(C)cc(C)c2C)c2ccc(C([2H])(C)C([2H])([2H])[2H])cc12.[2H]c1c([2H])[n+](C)c(-c2cc(C)cc(C)c2C)c2ccc(C([2H])(C)C)c(C)c12.[2H]c1cc2c(-c3cc(C)cc(C)c3C)[n+](C)c([2H])c([2H])c2cc1C([2H])(C)C. The van der Waals surface area contributed by atoms with Gasteiger partial charge < -0.3 is 0 Å². The Balaban J connectivity index is 0.000000164. The number of aryl methyl sites for hydroxylation is 12. The molecular weight excluding hydrogens is 1430 g/mol. The first-order valence-electron chi connectivity index (χ1n) is 50.3. The standard InChI is InChI=1S/2C23H28N.C22H25FN.2C22H26N/c1-14(2)20-13-19-8-9-24(7)23(22(19)12-17(20)5)21-11-15(3)10-16(4)18(21)6;1-14(2)19-8-9-21-20(18(19)6)10-11-24(7)23(21)22-13-15(3)12-16(4)17(22)5;1-13(2)18-11-17-7-8-24(6)22(20(17)12-21(18)23)19-10-14(3)9-15(4)16(19)5;2*1-14(2)18-7-8-20-19(13-18)9-10-23(6)22(20)21-12-15(3)11-16(4)17(21)5/h2*8-14H,1-7H3;7-13H,1-6H3;2*7-14H,1-6H3/q5*+1/i8D,9D,14D;10D,11D,14D;7D,8D,13D;7D,9D,10D,14D;1D3,9D,10D,14D. The molecule has 0 bridgehead atoms. The Kier molecular flexibility index (Phi) is 20.0. The van der Waals surface area contributed by atoms with Gasteiger partial charge in [-0.1, -0.05) is 164 Å². The van der Waals surface area contributed by atoms with Crippen LogP contribution in [0.25, 0.3) is 110 Å². The summed E-state index contributed by atoms with van der Waals surface area (Å²) in [5.41, 5.74) is 31.6. The van der Waals surface area contributed by atoms with E-state index in [1.54, 1.807) is 98.9 Å². The first kappa shape index (κ1) is 65.2. The smallest absolute Gasteiger partial charge is 0.207 e. The van der Waals surface area contributed by atoms with Gasteiger partial charge in [-0.25, -0.2) is 27.2 Å². The van der Waals surface area contributed by atoms with Crippen LogP contribution in [0.5, 0.6) is 0 Å². The molecular formula is C112H133FN5+5. The largest absolute Gasteiger partial charge is 0.220 e. The van der Waals surface area contributed by atoms with Crippen LogP contribution in [0.3, 0.4) is 0 Å². The molecule has 10 aromatic carbocycles. The van der Waals surface area contributed by atoms with Crippen molar-refractivity contribution in [1.82, 2.24) is 0 Å². The van der Waals surface area contributed by atoms with Crippen LogP contribution in [0.4, 0.5) is 4.39 Å². The minimum atomic E-state index is -2.50. The van der Waals surface area contributed by atoms with Crippen molar-refractivity contribution in [3.05, 3.63) is 323 Å². The van der Waals surface area contributed by atoms with Crippen LogP contribution >= 0.6 is 0 Å². The number of nitrogens with zero attached hydrogens (tertiary/aromatic N) is 5. The molecule has 608 valence electrons. The van der Waals surface area contributed by atoms with Gasteiger partial charge in [0.2, 0.25) is 28.5 Å². The van der Waals surface area contributed by atoms with Crippen LogP contribution in [-0.4, -0.2) is 0 Å². The van der Waals surface area contributed by atoms with E-state index in [-0.39, 0.29) is 66.6 Å². The molecule has 5 heterocycles. The van der Waals surface area contributed by atoms with Gasteiger partial charge in [0.15, 0.2) is 30.9 Å². The molecule has 0 saturated carbocycles. The minimum absolute atomic E-state index is 0.0245. The fourth-order valence-electron chi connectivity index (χ4n) is 16.5. The molecule has 0 N–H and O–H groups in total. The quantitative estimate of drug-likeness (QED) is 0.122. The van der Waals surface area contributed by atoms with Crippen LogP contribution in [0, 0.1) is 124 Å². The molecule has 0 aliphatic heterocycles. The highest BCUT2D eigenvalue weighted by Gasteiger charge is 2.27. The van der Waals surface area contributed by atoms with E-state index in [1.165, 1.54) is 51.9 Å². The highest BCUT2D eigenvalue weighted by atomic mass is 19.1. The van der Waals surface area contributed by atoms with Crippen molar-refractivity contribution < 1.29 is 53.3 Å². The molecule has 0 radical (unpaired) electrons. The molecule has 0 spiro atoms. The van der Waals surface area contributed by atoms with Crippen molar-refractivity contribution >= 4 is 53.9 Å². The second kappa shape index (κ2) is 36.2. The van der Waals surface area contributed by atoms with E-state index in [0.29, 0.717) is 38.7 Å². The molecule has 15 aromatic rings. The number of benzene rings is 10. The van der Waals surface area contributed by atoms with Gasteiger partial charge in [-0.05, 0) is 335 Å². The first-order valence-corrected chi connectivity index (χ1v) is 40.8. The zero-order valence-electron chi connectivity index (χ0n) is 94.7. The van der Waals surface area contributed by atoms with Gasteiger partial charge in [0.1, 0.15) is 47.9 Å². The van der Waals surface area contributed by atoms with Gasteiger partial charge in [0.05, 0.1) is 63.0 Å². The third-order valence-corrected chi connectivity index (χ3v) is 23.6. The number of rotatable bonds is 10. The lowest BCUT2D eigenvalue weighted by atomic mass is 9.90. The number of halogens is 1. The van der Waals surface area contributed by atoms with E-state index in [4.69, 9.17) is 26.0 Å². The highest BCUT2D eigenvalue weighted by molar-refractivity contribution is 5.99. The summed E-state index contributed by atoms with van der Waals surface area (Å²) in [6, 6.07) is 41.8. The van der Waals surface area contributed by atoms with Crippen LogP contribution in [-0.2, 0) is 35.2 Å². The maximum absolute atomic E-state index is 14.9. The molecule has 118 heavy (non-hydrogen) atoms. The van der Waals surface area contributed by atoms with Crippen molar-refractivity contribution in [3.8, 4) is 56.3 Å². The van der Waals surface area contributed by atoms with E-state index >= 15 is 0 Å². The predicted molar refractivity (Wildman–Crippen MR) is 504 cm³/mol. The molecule has 5 aromatic heterocycles. The van der Waals surface area contributed by atoms with Crippen LogP contribution in [0.1, 0.15) is 247 Å². The third kappa shape index (κ3) is 18.4. The van der Waals surface area contributed by atoms with E-state index in [0.717, 1.165) is 155 Å². The molecule has 1 atom stereocenters. The van der Waals surface area contributed by atoms with Crippen molar-refractivity contribution in [2.45, 2.75) is 216 Å². The highest BCUT2D eigenvalue weighted by Crippen LogP contribution is 2.40. The molecule has 6 heteroatoms. The summed E-state index contributed by atoms with van der Waals surface area (Å²) < 4.78 is 182. The fraction of sp³-hybridized carbons (Fsp3) is 0.330. The number of aromatic nitrogens is 5. The van der Waals surface area contributed by atoms with E-state index in [1.807, 2.05) is 124 Å². The van der Waals surface area contributed by atoms with Crippen molar-refractivity contribution in [2.75, 3.05) is 0 Å². The second-order valence-electron chi connectivity index (χ2n) is 33.8. The summed E-state index contributed by atoms with van der Waals surface area (Å²) in [5, 5.41) is 7.22. The first-order chi connectivity index (χ1) is 63.0. The lowest BCUT2D eigenvalue weighted by molar-refractivity contribution is -0.659. The van der Waals surface area contributed by atoms with Crippen LogP contribution in [0.15, 0.2) is 195 Å². The van der Waals surface area contributed by atoms with Crippen LogP contribution in [0.2, 0.25) is 0 Å². The van der Waals surface area contributed by atoms with Crippen molar-refractivity contribution in [3.63, 3.8) is 0 Å². The van der Waals surface area contributed by atoms with Gasteiger partial charge in [-0.15, -0.1) is 0 Å². The maximum atomic E-state index is 14.9. The average Bonchev–Trinajstić information content (AvgIpc) is 0.738. The van der Waals surface area contributed by atoms with Crippen molar-refractivity contribution in [1.29, 1.82) is 0 Å². The van der Waals surface area contributed by atoms with E-state index in [9.17, 15) is 4.39 Å². The number of hydrogen-bond acceptors (Lipinski definition) is 0. The molecule has 5 nitrogen and oxygen atoms in total. The Labute approximate surface area is 734 Å². The molecule has 0 amide bonds. The second-order valence-corrected chi connectivity index (χ2v) is 33.8. The van der Waals surface area contributed by atoms with E-state index in [2.05, 4.69) is 130 Å². The summed E-state index contributed by atoms with van der Waals surface area (Å²) in [6.07, 6.45) is 0.621. The van der Waals surface area contributed by atoms with Gasteiger partial charge >= 0.3 is 0 Å². The Morgan fingerprint density at radius 2 is 0.576 bits per heavy atom. The van der Waals surface area contributed by atoms with Crippen LogP contribution < -0.4 is 22.8 Å². The Morgan fingerprint density at radius 3 is 0.941 bits per heavy atom.